The van der Waals surface area contributed by atoms with Crippen LogP contribution in [0.5, 0.6) is 0 Å². The minimum absolute atomic E-state index is 0.0791. The molecule has 6 nitrogen and oxygen atoms in total. The van der Waals surface area contributed by atoms with Crippen LogP contribution in [0.2, 0.25) is 0 Å². The average molecular weight is 316 g/mol. The van der Waals surface area contributed by atoms with Crippen LogP contribution < -0.4 is 5.32 Å². The van der Waals surface area contributed by atoms with Crippen molar-refractivity contribution in [1.29, 1.82) is 0 Å². The Kier molecular flexibility index (Phi) is 4.10. The predicted molar refractivity (Wildman–Crippen MR) is 88.4 cm³/mol. The molecule has 1 aliphatic carbocycles. The van der Waals surface area contributed by atoms with Crippen molar-refractivity contribution in [3.05, 3.63) is 23.7 Å². The van der Waals surface area contributed by atoms with Crippen molar-refractivity contribution in [3.8, 4) is 0 Å². The Hall–Kier alpha value is -1.95. The van der Waals surface area contributed by atoms with E-state index in [4.69, 9.17) is 4.74 Å². The Labute approximate surface area is 136 Å². The number of aromatic nitrogens is 3. The summed E-state index contributed by atoms with van der Waals surface area (Å²) in [7, 11) is 1.64. The summed E-state index contributed by atoms with van der Waals surface area (Å²) in [6.07, 6.45) is 5.81. The number of carbonyl (C=O) groups is 1. The topological polar surface area (TPSA) is 79.9 Å². The van der Waals surface area contributed by atoms with Gasteiger partial charge in [-0.1, -0.05) is 20.8 Å². The van der Waals surface area contributed by atoms with Crippen LogP contribution in [0.1, 0.15) is 55.6 Å². The van der Waals surface area contributed by atoms with Crippen molar-refractivity contribution in [2.45, 2.75) is 45.6 Å². The zero-order valence-electron chi connectivity index (χ0n) is 14.1. The second-order valence-corrected chi connectivity index (χ2v) is 7.32. The number of nitrogens with zero attached hydrogens (tertiary/aromatic N) is 2. The summed E-state index contributed by atoms with van der Waals surface area (Å²) in [4.78, 5) is 24.8. The molecule has 6 heteroatoms. The Morgan fingerprint density at radius 1 is 1.48 bits per heavy atom. The number of hydrogen-bond donors (Lipinski definition) is 2. The first-order valence-electron chi connectivity index (χ1n) is 8.04. The van der Waals surface area contributed by atoms with E-state index in [-0.39, 0.29) is 17.4 Å². The number of methoxy groups -OCH3 is 1. The fourth-order valence-electron chi connectivity index (χ4n) is 2.56. The lowest BCUT2D eigenvalue weighted by Gasteiger charge is -2.30. The van der Waals surface area contributed by atoms with Crippen LogP contribution in [0, 0.1) is 5.41 Å². The summed E-state index contributed by atoms with van der Waals surface area (Å²) in [5.74, 6) is 0.365. The molecular formula is C17H24N4O2. The number of nitrogens with one attached hydrogen (secondary N) is 2. The maximum Gasteiger partial charge on any atom is 0.255 e. The number of ether oxygens (including phenoxy) is 1. The third-order valence-electron chi connectivity index (χ3n) is 4.32. The van der Waals surface area contributed by atoms with E-state index >= 15 is 0 Å². The molecule has 1 amide bonds. The Morgan fingerprint density at radius 3 is 2.83 bits per heavy atom. The van der Waals surface area contributed by atoms with Gasteiger partial charge in [-0.25, -0.2) is 9.97 Å². The molecule has 124 valence electrons. The number of fused-ring (bicyclic) bond motifs is 1. The van der Waals surface area contributed by atoms with Gasteiger partial charge in [-0.2, -0.15) is 0 Å². The fraction of sp³-hybridized carbons (Fsp3) is 0.588. The Bertz CT molecular complexity index is 713. The molecular weight excluding hydrogens is 292 g/mol. The first kappa shape index (κ1) is 15.9. The summed E-state index contributed by atoms with van der Waals surface area (Å²) in [6.45, 7) is 6.71. The average Bonchev–Trinajstić information content (AvgIpc) is 3.25. The largest absolute Gasteiger partial charge is 0.383 e. The van der Waals surface area contributed by atoms with Gasteiger partial charge in [0.05, 0.1) is 30.1 Å². The van der Waals surface area contributed by atoms with Gasteiger partial charge in [0.15, 0.2) is 5.65 Å². The molecule has 1 fully saturated rings. The summed E-state index contributed by atoms with van der Waals surface area (Å²) in [6, 6.07) is -0.0791. The molecule has 1 atom stereocenters. The number of H-pyrrole nitrogens is 1. The third-order valence-corrected chi connectivity index (χ3v) is 4.32. The van der Waals surface area contributed by atoms with Crippen LogP contribution >= 0.6 is 0 Å². The first-order chi connectivity index (χ1) is 10.9. The molecule has 0 spiro atoms. The number of rotatable bonds is 5. The maximum absolute atomic E-state index is 12.7. The van der Waals surface area contributed by atoms with Crippen LogP contribution in [0.4, 0.5) is 0 Å². The zero-order valence-corrected chi connectivity index (χ0v) is 14.1. The van der Waals surface area contributed by atoms with Crippen LogP contribution in [-0.4, -0.2) is 40.6 Å². The van der Waals surface area contributed by atoms with Gasteiger partial charge in [-0.15, -0.1) is 0 Å². The second-order valence-electron chi connectivity index (χ2n) is 7.32. The molecule has 23 heavy (non-hydrogen) atoms. The summed E-state index contributed by atoms with van der Waals surface area (Å²) in [5.41, 5.74) is 2.73. The minimum atomic E-state index is -0.143. The van der Waals surface area contributed by atoms with Gasteiger partial charge in [-0.3, -0.25) is 4.79 Å². The van der Waals surface area contributed by atoms with Gasteiger partial charge in [0.2, 0.25) is 0 Å². The van der Waals surface area contributed by atoms with E-state index in [0.717, 1.165) is 18.5 Å². The van der Waals surface area contributed by atoms with Crippen molar-refractivity contribution < 1.29 is 9.53 Å². The zero-order chi connectivity index (χ0) is 16.6. The van der Waals surface area contributed by atoms with Crippen molar-refractivity contribution >= 4 is 17.1 Å². The molecule has 0 saturated heterocycles. The second kappa shape index (κ2) is 5.92. The molecule has 0 unspecified atom stereocenters. The van der Waals surface area contributed by atoms with Gasteiger partial charge in [0, 0.05) is 19.2 Å². The summed E-state index contributed by atoms with van der Waals surface area (Å²) >= 11 is 0. The van der Waals surface area contributed by atoms with Crippen molar-refractivity contribution in [2.24, 2.45) is 5.41 Å². The monoisotopic (exact) mass is 316 g/mol. The highest BCUT2D eigenvalue weighted by atomic mass is 16.5. The van der Waals surface area contributed by atoms with E-state index in [1.807, 2.05) is 0 Å². The fourth-order valence-corrected chi connectivity index (χ4v) is 2.56. The van der Waals surface area contributed by atoms with Crippen LogP contribution in [0.25, 0.3) is 11.2 Å². The predicted octanol–water partition coefficient (Wildman–Crippen LogP) is 2.63. The molecule has 0 bridgehead atoms. The SMILES string of the molecule is COC[C@H](NC(=O)c1c[nH]c2ncc(C3CC3)nc12)C(C)(C)C. The van der Waals surface area contributed by atoms with Crippen LogP contribution in [0.15, 0.2) is 12.4 Å². The lowest BCUT2D eigenvalue weighted by atomic mass is 9.87. The van der Waals surface area contributed by atoms with Gasteiger partial charge >= 0.3 is 0 Å². The van der Waals surface area contributed by atoms with E-state index in [1.165, 1.54) is 0 Å². The smallest absolute Gasteiger partial charge is 0.255 e. The Morgan fingerprint density at radius 2 is 2.22 bits per heavy atom. The van der Waals surface area contributed by atoms with Crippen LogP contribution in [0.3, 0.4) is 0 Å². The van der Waals surface area contributed by atoms with E-state index in [0.29, 0.717) is 29.3 Å². The van der Waals surface area contributed by atoms with E-state index in [1.54, 1.807) is 19.5 Å². The van der Waals surface area contributed by atoms with Crippen molar-refractivity contribution in [1.82, 2.24) is 20.3 Å². The normalized spacial score (nSPS) is 16.5. The molecule has 3 rings (SSSR count). The standard InChI is InChI=1S/C17H24N4O2/c1-17(2,3)13(9-23-4)21-16(22)11-7-18-15-14(11)20-12(8-19-15)10-5-6-10/h7-8,10,13H,5-6,9H2,1-4H3,(H,18,19)(H,21,22)/t13-/m0/s1. The third kappa shape index (κ3) is 3.37. The van der Waals surface area contributed by atoms with Gasteiger partial charge in [0.1, 0.15) is 5.52 Å². The number of aromatic amines is 1. The number of carbonyl (C=O) groups excluding carboxylic acids is 1. The highest BCUT2D eigenvalue weighted by molar-refractivity contribution is 6.04. The highest BCUT2D eigenvalue weighted by Gasteiger charge is 2.29. The molecule has 2 N–H and O–H groups in total. The molecule has 2 aromatic heterocycles. The summed E-state index contributed by atoms with van der Waals surface area (Å²) in [5, 5.41) is 3.07. The van der Waals surface area contributed by atoms with Gasteiger partial charge in [-0.05, 0) is 18.3 Å². The van der Waals surface area contributed by atoms with E-state index in [2.05, 4.69) is 41.0 Å². The summed E-state index contributed by atoms with van der Waals surface area (Å²) < 4.78 is 5.24. The van der Waals surface area contributed by atoms with Gasteiger partial charge < -0.3 is 15.0 Å². The molecule has 0 aromatic carbocycles. The van der Waals surface area contributed by atoms with Crippen LogP contribution in [-0.2, 0) is 4.74 Å². The molecule has 0 aliphatic heterocycles. The molecule has 2 heterocycles. The molecule has 2 aromatic rings. The minimum Gasteiger partial charge on any atom is -0.383 e. The lowest BCUT2D eigenvalue weighted by Crippen LogP contribution is -2.46. The molecule has 1 saturated carbocycles. The molecule has 1 aliphatic rings. The van der Waals surface area contributed by atoms with E-state index in [9.17, 15) is 4.79 Å². The van der Waals surface area contributed by atoms with Gasteiger partial charge in [0.25, 0.3) is 5.91 Å². The van der Waals surface area contributed by atoms with E-state index < -0.39 is 0 Å². The van der Waals surface area contributed by atoms with Crippen molar-refractivity contribution in [3.63, 3.8) is 0 Å². The maximum atomic E-state index is 12.7. The number of hydrogen-bond acceptors (Lipinski definition) is 4. The lowest BCUT2D eigenvalue weighted by molar-refractivity contribution is 0.0788. The first-order valence-corrected chi connectivity index (χ1v) is 8.04. The number of amides is 1. The Balaban J connectivity index is 1.86. The quantitative estimate of drug-likeness (QED) is 0.888. The highest BCUT2D eigenvalue weighted by Crippen LogP contribution is 2.39. The molecule has 0 radical (unpaired) electrons. The van der Waals surface area contributed by atoms with Crippen molar-refractivity contribution in [2.75, 3.05) is 13.7 Å².